The van der Waals surface area contributed by atoms with E-state index in [1.807, 2.05) is 42.8 Å². The molecule has 3 aromatic rings. The van der Waals surface area contributed by atoms with Gasteiger partial charge in [0.25, 0.3) is 5.89 Å². The zero-order chi connectivity index (χ0) is 15.5. The molecule has 0 aliphatic carbocycles. The number of nitrogens with zero attached hydrogens (tertiary/aromatic N) is 5. The van der Waals surface area contributed by atoms with Crippen LogP contribution < -0.4 is 4.74 Å². The highest BCUT2D eigenvalue weighted by molar-refractivity contribution is 7.98. The lowest BCUT2D eigenvalue weighted by Crippen LogP contribution is -1.93. The quantitative estimate of drug-likeness (QED) is 0.669. The SMILES string of the molecule is COc1ccccc1-c1nnc(CSc2nnc(C)n2C)o1. The minimum absolute atomic E-state index is 0.446. The molecule has 8 heteroatoms. The lowest BCUT2D eigenvalue weighted by atomic mass is 10.2. The number of hydrogen-bond donors (Lipinski definition) is 0. The van der Waals surface area contributed by atoms with Crippen LogP contribution in [0.4, 0.5) is 0 Å². The number of hydrogen-bond acceptors (Lipinski definition) is 7. The van der Waals surface area contributed by atoms with Crippen LogP contribution in [0.5, 0.6) is 5.75 Å². The van der Waals surface area contributed by atoms with Crippen molar-refractivity contribution in [1.29, 1.82) is 0 Å². The van der Waals surface area contributed by atoms with E-state index in [1.54, 1.807) is 7.11 Å². The summed E-state index contributed by atoms with van der Waals surface area (Å²) in [6.45, 7) is 1.91. The fourth-order valence-electron chi connectivity index (χ4n) is 1.88. The van der Waals surface area contributed by atoms with E-state index in [4.69, 9.17) is 9.15 Å². The van der Waals surface area contributed by atoms with E-state index in [-0.39, 0.29) is 0 Å². The van der Waals surface area contributed by atoms with Crippen LogP contribution in [0.25, 0.3) is 11.5 Å². The number of aryl methyl sites for hydroxylation is 1. The van der Waals surface area contributed by atoms with Gasteiger partial charge >= 0.3 is 0 Å². The molecule has 114 valence electrons. The Kier molecular flexibility index (Phi) is 4.10. The second-order valence-electron chi connectivity index (χ2n) is 4.58. The Morgan fingerprint density at radius 1 is 1.18 bits per heavy atom. The summed E-state index contributed by atoms with van der Waals surface area (Å²) in [6, 6.07) is 7.54. The molecular formula is C14H15N5O2S. The fourth-order valence-corrected chi connectivity index (χ4v) is 2.68. The van der Waals surface area contributed by atoms with Crippen LogP contribution in [0.15, 0.2) is 33.8 Å². The minimum atomic E-state index is 0.446. The lowest BCUT2D eigenvalue weighted by molar-refractivity contribution is 0.414. The highest BCUT2D eigenvalue weighted by Crippen LogP contribution is 2.29. The molecule has 0 spiro atoms. The number of para-hydroxylation sites is 1. The monoisotopic (exact) mass is 317 g/mol. The van der Waals surface area contributed by atoms with Crippen LogP contribution in [0.1, 0.15) is 11.7 Å². The Hall–Kier alpha value is -2.35. The maximum atomic E-state index is 5.70. The Balaban J connectivity index is 1.75. The van der Waals surface area contributed by atoms with Crippen molar-refractivity contribution in [3.05, 3.63) is 36.0 Å². The predicted octanol–water partition coefficient (Wildman–Crippen LogP) is 2.47. The van der Waals surface area contributed by atoms with Crippen LogP contribution in [-0.4, -0.2) is 32.1 Å². The normalized spacial score (nSPS) is 10.9. The summed E-state index contributed by atoms with van der Waals surface area (Å²) in [7, 11) is 3.54. The Labute approximate surface area is 131 Å². The third kappa shape index (κ3) is 2.82. The molecule has 3 rings (SSSR count). The highest BCUT2D eigenvalue weighted by Gasteiger charge is 2.14. The molecule has 0 aliphatic rings. The van der Waals surface area contributed by atoms with E-state index in [0.29, 0.717) is 23.3 Å². The van der Waals surface area contributed by atoms with Gasteiger partial charge in [-0.25, -0.2) is 0 Å². The zero-order valence-corrected chi connectivity index (χ0v) is 13.3. The smallest absolute Gasteiger partial charge is 0.251 e. The van der Waals surface area contributed by atoms with Gasteiger partial charge in [0.05, 0.1) is 18.4 Å². The van der Waals surface area contributed by atoms with E-state index in [2.05, 4.69) is 20.4 Å². The van der Waals surface area contributed by atoms with Crippen LogP contribution in [-0.2, 0) is 12.8 Å². The van der Waals surface area contributed by atoms with Gasteiger partial charge < -0.3 is 13.7 Å². The van der Waals surface area contributed by atoms with Gasteiger partial charge in [0, 0.05) is 7.05 Å². The van der Waals surface area contributed by atoms with Gasteiger partial charge in [-0.05, 0) is 19.1 Å². The third-order valence-corrected chi connectivity index (χ3v) is 4.19. The van der Waals surface area contributed by atoms with Crippen LogP contribution in [0, 0.1) is 6.92 Å². The standard InChI is InChI=1S/C14H15N5O2S/c1-9-15-18-14(19(9)2)22-8-12-16-17-13(21-12)10-6-4-5-7-11(10)20-3/h4-7H,8H2,1-3H3. The van der Waals surface area contributed by atoms with Crippen LogP contribution >= 0.6 is 11.8 Å². The van der Waals surface area contributed by atoms with Crippen molar-refractivity contribution in [2.24, 2.45) is 7.05 Å². The first kappa shape index (κ1) is 14.6. The van der Waals surface area contributed by atoms with Crippen molar-refractivity contribution in [3.63, 3.8) is 0 Å². The molecule has 0 amide bonds. The van der Waals surface area contributed by atoms with Crippen LogP contribution in [0.2, 0.25) is 0 Å². The largest absolute Gasteiger partial charge is 0.496 e. The number of ether oxygens (including phenoxy) is 1. The van der Waals surface area contributed by atoms with Gasteiger partial charge in [0.2, 0.25) is 5.89 Å². The van der Waals surface area contributed by atoms with Crippen molar-refractivity contribution >= 4 is 11.8 Å². The highest BCUT2D eigenvalue weighted by atomic mass is 32.2. The first-order valence-electron chi connectivity index (χ1n) is 6.63. The number of rotatable bonds is 5. The fraction of sp³-hybridized carbons (Fsp3) is 0.286. The molecular weight excluding hydrogens is 302 g/mol. The Morgan fingerprint density at radius 3 is 2.73 bits per heavy atom. The molecule has 0 aliphatic heterocycles. The molecule has 0 fully saturated rings. The molecule has 0 saturated carbocycles. The van der Waals surface area contributed by atoms with Gasteiger partial charge in [-0.15, -0.1) is 20.4 Å². The Morgan fingerprint density at radius 2 is 2.00 bits per heavy atom. The zero-order valence-electron chi connectivity index (χ0n) is 12.5. The van der Waals surface area contributed by atoms with Gasteiger partial charge in [-0.2, -0.15) is 0 Å². The van der Waals surface area contributed by atoms with Gasteiger partial charge in [-0.1, -0.05) is 23.9 Å². The van der Waals surface area contributed by atoms with E-state index in [9.17, 15) is 0 Å². The van der Waals surface area contributed by atoms with E-state index >= 15 is 0 Å². The summed E-state index contributed by atoms with van der Waals surface area (Å²) in [5, 5.41) is 17.1. The summed E-state index contributed by atoms with van der Waals surface area (Å²) in [5.41, 5.74) is 0.781. The molecule has 0 unspecified atom stereocenters. The second-order valence-corrected chi connectivity index (χ2v) is 5.52. The molecule has 0 atom stereocenters. The molecule has 0 bridgehead atoms. The molecule has 1 aromatic carbocycles. The van der Waals surface area contributed by atoms with Crippen molar-refractivity contribution < 1.29 is 9.15 Å². The summed E-state index contributed by atoms with van der Waals surface area (Å²) in [5.74, 6) is 3.08. The molecule has 2 heterocycles. The lowest BCUT2D eigenvalue weighted by Gasteiger charge is -2.03. The number of aromatic nitrogens is 5. The minimum Gasteiger partial charge on any atom is -0.496 e. The second kappa shape index (κ2) is 6.18. The summed E-state index contributed by atoms with van der Waals surface area (Å²) < 4.78 is 12.9. The summed E-state index contributed by atoms with van der Waals surface area (Å²) in [6.07, 6.45) is 0. The van der Waals surface area contributed by atoms with E-state index in [0.717, 1.165) is 16.5 Å². The molecule has 0 radical (unpaired) electrons. The molecule has 7 nitrogen and oxygen atoms in total. The van der Waals surface area contributed by atoms with E-state index < -0.39 is 0 Å². The first-order valence-corrected chi connectivity index (χ1v) is 7.62. The summed E-state index contributed by atoms with van der Waals surface area (Å²) >= 11 is 1.50. The maximum absolute atomic E-state index is 5.70. The predicted molar refractivity (Wildman–Crippen MR) is 81.6 cm³/mol. The molecule has 0 N–H and O–H groups in total. The molecule has 0 saturated heterocycles. The van der Waals surface area contributed by atoms with Crippen molar-refractivity contribution in [2.75, 3.05) is 7.11 Å². The van der Waals surface area contributed by atoms with Crippen molar-refractivity contribution in [3.8, 4) is 17.2 Å². The van der Waals surface area contributed by atoms with Gasteiger partial charge in [-0.3, -0.25) is 0 Å². The first-order chi connectivity index (χ1) is 10.7. The maximum Gasteiger partial charge on any atom is 0.251 e. The molecule has 2 aromatic heterocycles. The van der Waals surface area contributed by atoms with E-state index in [1.165, 1.54) is 11.8 Å². The van der Waals surface area contributed by atoms with Gasteiger partial charge in [0.15, 0.2) is 5.16 Å². The van der Waals surface area contributed by atoms with Crippen LogP contribution in [0.3, 0.4) is 0 Å². The topological polar surface area (TPSA) is 78.9 Å². The third-order valence-electron chi connectivity index (χ3n) is 3.18. The number of thioether (sulfide) groups is 1. The Bertz CT molecular complexity index is 783. The average molecular weight is 317 g/mol. The number of methoxy groups -OCH3 is 1. The van der Waals surface area contributed by atoms with Crippen molar-refractivity contribution in [1.82, 2.24) is 25.0 Å². The molecule has 22 heavy (non-hydrogen) atoms. The van der Waals surface area contributed by atoms with Gasteiger partial charge in [0.1, 0.15) is 11.6 Å². The number of benzene rings is 1. The van der Waals surface area contributed by atoms with Crippen molar-refractivity contribution in [2.45, 2.75) is 17.8 Å². The summed E-state index contributed by atoms with van der Waals surface area (Å²) in [4.78, 5) is 0. The average Bonchev–Trinajstić information content (AvgIpc) is 3.14.